The summed E-state index contributed by atoms with van der Waals surface area (Å²) in [5, 5.41) is 14.5. The topological polar surface area (TPSA) is 98.7 Å². The van der Waals surface area contributed by atoms with Crippen molar-refractivity contribution in [2.75, 3.05) is 0 Å². The maximum atomic E-state index is 12.2. The number of hydrogen-bond acceptors (Lipinski definition) is 4. The van der Waals surface area contributed by atoms with E-state index in [1.54, 1.807) is 13.8 Å². The van der Waals surface area contributed by atoms with E-state index in [-0.39, 0.29) is 12.3 Å². The number of benzene rings is 1. The van der Waals surface area contributed by atoms with Crippen molar-refractivity contribution < 1.29 is 19.5 Å². The first-order valence-corrected chi connectivity index (χ1v) is 8.50. The van der Waals surface area contributed by atoms with E-state index >= 15 is 0 Å². The van der Waals surface area contributed by atoms with Crippen LogP contribution in [0.25, 0.3) is 0 Å². The fourth-order valence-corrected chi connectivity index (χ4v) is 4.75. The third-order valence-corrected chi connectivity index (χ3v) is 5.76. The summed E-state index contributed by atoms with van der Waals surface area (Å²) in [7, 11) is 0. The van der Waals surface area contributed by atoms with Crippen LogP contribution < -0.4 is 10.6 Å². The maximum Gasteiger partial charge on any atom is 0.327 e. The van der Waals surface area contributed by atoms with Crippen molar-refractivity contribution in [3.8, 4) is 0 Å². The van der Waals surface area contributed by atoms with Crippen molar-refractivity contribution in [3.05, 3.63) is 35.9 Å². The molecule has 0 radical (unpaired) electrons. The molecule has 0 saturated carbocycles. The van der Waals surface area contributed by atoms with E-state index in [9.17, 15) is 19.5 Å². The fraction of sp³-hybridized carbons (Fsp3) is 0.438. The molecule has 3 rings (SSSR count). The highest BCUT2D eigenvalue weighted by Crippen LogP contribution is 2.47. The summed E-state index contributed by atoms with van der Waals surface area (Å²) in [4.78, 5) is 37.3. The summed E-state index contributed by atoms with van der Waals surface area (Å²) < 4.78 is -0.628. The number of carboxylic acids is 1. The highest BCUT2D eigenvalue weighted by atomic mass is 32.2. The predicted octanol–water partition coefficient (Wildman–Crippen LogP) is 1.00. The lowest BCUT2D eigenvalue weighted by Crippen LogP contribution is -2.49. The molecule has 0 spiro atoms. The lowest BCUT2D eigenvalue weighted by Gasteiger charge is -2.25. The van der Waals surface area contributed by atoms with Crippen LogP contribution in [-0.2, 0) is 16.0 Å². The zero-order valence-corrected chi connectivity index (χ0v) is 14.2. The highest BCUT2D eigenvalue weighted by Gasteiger charge is 2.59. The van der Waals surface area contributed by atoms with E-state index in [2.05, 4.69) is 10.6 Å². The number of hydrogen-bond donors (Lipinski definition) is 3. The molecule has 2 aliphatic rings. The largest absolute Gasteiger partial charge is 0.480 e. The smallest absolute Gasteiger partial charge is 0.327 e. The van der Waals surface area contributed by atoms with Crippen LogP contribution in [0.5, 0.6) is 0 Å². The molecule has 128 valence electrons. The Kier molecular flexibility index (Phi) is 4.16. The molecule has 3 amide bonds. The first-order chi connectivity index (χ1) is 11.3. The Balaban J connectivity index is 1.71. The number of fused-ring (bicyclic) bond motifs is 1. The lowest BCUT2D eigenvalue weighted by molar-refractivity contribution is -0.142. The Hall–Kier alpha value is -2.22. The lowest BCUT2D eigenvalue weighted by atomic mass is 10.0. The van der Waals surface area contributed by atoms with Gasteiger partial charge < -0.3 is 15.7 Å². The van der Waals surface area contributed by atoms with Crippen LogP contribution in [0.4, 0.5) is 4.79 Å². The van der Waals surface area contributed by atoms with E-state index in [1.165, 1.54) is 16.7 Å². The number of carbonyl (C=O) groups excluding carboxylic acids is 2. The zero-order valence-electron chi connectivity index (χ0n) is 13.4. The minimum atomic E-state index is -1.04. The van der Waals surface area contributed by atoms with Crippen molar-refractivity contribution in [2.45, 2.75) is 42.6 Å². The second-order valence-corrected chi connectivity index (χ2v) is 8.19. The number of carbonyl (C=O) groups is 3. The number of aliphatic carboxylic acids is 1. The van der Waals surface area contributed by atoms with Gasteiger partial charge in [-0.05, 0) is 19.4 Å². The number of urea groups is 1. The van der Waals surface area contributed by atoms with Crippen LogP contribution in [0.15, 0.2) is 30.3 Å². The molecule has 1 aromatic carbocycles. The summed E-state index contributed by atoms with van der Waals surface area (Å²) in [6.07, 6.45) is -0.404. The Bertz CT molecular complexity index is 679. The van der Waals surface area contributed by atoms with E-state index in [0.717, 1.165) is 5.56 Å². The number of nitrogens with one attached hydrogen (secondary N) is 2. The van der Waals surface area contributed by atoms with Gasteiger partial charge in [0.15, 0.2) is 0 Å². The monoisotopic (exact) mass is 349 g/mol. The normalized spacial score (nSPS) is 27.5. The molecule has 2 heterocycles. The van der Waals surface area contributed by atoms with Crippen molar-refractivity contribution in [2.24, 2.45) is 0 Å². The van der Waals surface area contributed by atoms with Crippen LogP contribution in [0.2, 0.25) is 0 Å². The molecule has 1 unspecified atom stereocenters. The summed E-state index contributed by atoms with van der Waals surface area (Å²) >= 11 is 1.38. The molecule has 24 heavy (non-hydrogen) atoms. The standard InChI is InChI=1S/C16H19N3O4S/c1-16(2)11(14(21)22)19-13(24-16)12(18-15(19)23)17-10(20)8-9-6-4-3-5-7-9/h3-7,11-13H,8H2,1-2H3,(H,17,20)(H,18,23)(H,21,22)/t11-,12+,13?/m0/s1. The third-order valence-electron chi connectivity index (χ3n) is 4.19. The van der Waals surface area contributed by atoms with E-state index in [0.29, 0.717) is 0 Å². The van der Waals surface area contributed by atoms with Gasteiger partial charge in [0.25, 0.3) is 0 Å². The first-order valence-electron chi connectivity index (χ1n) is 7.62. The van der Waals surface area contributed by atoms with Gasteiger partial charge in [0, 0.05) is 4.75 Å². The fourth-order valence-electron chi connectivity index (χ4n) is 3.18. The second-order valence-electron chi connectivity index (χ2n) is 6.42. The number of amides is 3. The van der Waals surface area contributed by atoms with Gasteiger partial charge in [-0.25, -0.2) is 9.59 Å². The van der Waals surface area contributed by atoms with Gasteiger partial charge in [-0.1, -0.05) is 30.3 Å². The Morgan fingerprint density at radius 1 is 1.33 bits per heavy atom. The Labute approximate surface area is 143 Å². The Morgan fingerprint density at radius 2 is 2.00 bits per heavy atom. The molecular weight excluding hydrogens is 330 g/mol. The van der Waals surface area contributed by atoms with Gasteiger partial charge in [-0.15, -0.1) is 11.8 Å². The molecule has 7 nitrogen and oxygen atoms in total. The van der Waals surface area contributed by atoms with Crippen molar-refractivity contribution in [3.63, 3.8) is 0 Å². The molecule has 0 aromatic heterocycles. The van der Waals surface area contributed by atoms with E-state index < -0.39 is 34.3 Å². The molecule has 2 saturated heterocycles. The quantitative estimate of drug-likeness (QED) is 0.753. The number of nitrogens with zero attached hydrogens (tertiary/aromatic N) is 1. The third kappa shape index (κ3) is 2.93. The molecule has 2 aliphatic heterocycles. The van der Waals surface area contributed by atoms with Gasteiger partial charge in [0.1, 0.15) is 17.6 Å². The molecular formula is C16H19N3O4S. The molecule has 3 atom stereocenters. The summed E-state index contributed by atoms with van der Waals surface area (Å²) in [6, 6.07) is 7.90. The van der Waals surface area contributed by atoms with E-state index in [1.807, 2.05) is 30.3 Å². The molecule has 0 aliphatic carbocycles. The molecule has 0 bridgehead atoms. The van der Waals surface area contributed by atoms with Gasteiger partial charge in [-0.3, -0.25) is 9.69 Å². The number of carboxylic acid groups (broad SMARTS) is 1. The van der Waals surface area contributed by atoms with Gasteiger partial charge in [0.2, 0.25) is 5.91 Å². The van der Waals surface area contributed by atoms with Crippen LogP contribution in [0.3, 0.4) is 0 Å². The van der Waals surface area contributed by atoms with Gasteiger partial charge in [0.05, 0.1) is 6.42 Å². The summed E-state index contributed by atoms with van der Waals surface area (Å²) in [5.74, 6) is -1.26. The van der Waals surface area contributed by atoms with Crippen molar-refractivity contribution in [1.29, 1.82) is 0 Å². The molecule has 2 fully saturated rings. The zero-order chi connectivity index (χ0) is 17.5. The summed E-state index contributed by atoms with van der Waals surface area (Å²) in [5.41, 5.74) is 0.874. The highest BCUT2D eigenvalue weighted by molar-refractivity contribution is 8.01. The van der Waals surface area contributed by atoms with Crippen LogP contribution in [-0.4, -0.2) is 50.2 Å². The SMILES string of the molecule is CC1(C)SC2[C@H](NC(=O)Cc3ccccc3)NC(=O)N2[C@H]1C(=O)O. The molecule has 8 heteroatoms. The number of thioether (sulfide) groups is 1. The summed E-state index contributed by atoms with van der Waals surface area (Å²) in [6.45, 7) is 3.59. The maximum absolute atomic E-state index is 12.2. The van der Waals surface area contributed by atoms with Crippen molar-refractivity contribution >= 4 is 29.7 Å². The van der Waals surface area contributed by atoms with Gasteiger partial charge in [-0.2, -0.15) is 0 Å². The average Bonchev–Trinajstić information content (AvgIpc) is 2.93. The minimum absolute atomic E-state index is 0.205. The van der Waals surface area contributed by atoms with E-state index in [4.69, 9.17) is 0 Å². The van der Waals surface area contributed by atoms with Crippen LogP contribution >= 0.6 is 11.8 Å². The molecule has 1 aromatic rings. The predicted molar refractivity (Wildman–Crippen MR) is 89.3 cm³/mol. The minimum Gasteiger partial charge on any atom is -0.480 e. The first kappa shape index (κ1) is 16.6. The second kappa shape index (κ2) is 6.01. The Morgan fingerprint density at radius 3 is 2.62 bits per heavy atom. The average molecular weight is 349 g/mol. The van der Waals surface area contributed by atoms with Crippen molar-refractivity contribution in [1.82, 2.24) is 15.5 Å². The van der Waals surface area contributed by atoms with Gasteiger partial charge >= 0.3 is 12.0 Å². The number of rotatable bonds is 4. The van der Waals surface area contributed by atoms with Crippen LogP contribution in [0.1, 0.15) is 19.4 Å². The molecule has 3 N–H and O–H groups in total. The van der Waals surface area contributed by atoms with Crippen LogP contribution in [0, 0.1) is 0 Å².